The van der Waals surface area contributed by atoms with Crippen molar-refractivity contribution in [2.75, 3.05) is 7.11 Å². The normalized spacial score (nSPS) is 18.3. The third-order valence-electron chi connectivity index (χ3n) is 4.25. The number of methoxy groups -OCH3 is 1. The number of fused-ring (bicyclic) bond motifs is 1. The number of hydrogen-bond acceptors (Lipinski definition) is 3. The molecule has 2 atom stereocenters. The lowest BCUT2D eigenvalue weighted by atomic mass is 10.0. The summed E-state index contributed by atoms with van der Waals surface area (Å²) in [4.78, 5) is 0. The van der Waals surface area contributed by atoms with Gasteiger partial charge in [-0.1, -0.05) is 18.2 Å². The second-order valence-corrected chi connectivity index (χ2v) is 5.64. The van der Waals surface area contributed by atoms with E-state index in [-0.39, 0.29) is 6.04 Å². The molecule has 1 aliphatic rings. The van der Waals surface area contributed by atoms with E-state index in [0.717, 1.165) is 18.6 Å². The molecule has 2 aromatic rings. The molecule has 3 heteroatoms. The minimum absolute atomic E-state index is 0.254. The fraction of sp³-hybridized carbons (Fsp3) is 0.333. The van der Waals surface area contributed by atoms with E-state index in [1.165, 1.54) is 16.7 Å². The van der Waals surface area contributed by atoms with Crippen molar-refractivity contribution in [2.24, 2.45) is 0 Å². The van der Waals surface area contributed by atoms with Crippen LogP contribution in [0.25, 0.3) is 0 Å². The van der Waals surface area contributed by atoms with Gasteiger partial charge in [0.1, 0.15) is 11.5 Å². The van der Waals surface area contributed by atoms with Crippen molar-refractivity contribution in [3.05, 3.63) is 59.2 Å². The molecule has 0 aromatic heterocycles. The quantitative estimate of drug-likeness (QED) is 0.898. The van der Waals surface area contributed by atoms with E-state index in [2.05, 4.69) is 24.4 Å². The van der Waals surface area contributed by atoms with Gasteiger partial charge < -0.3 is 15.2 Å². The molecule has 110 valence electrons. The van der Waals surface area contributed by atoms with E-state index >= 15 is 0 Å². The second kappa shape index (κ2) is 5.78. The molecule has 3 rings (SSSR count). The number of nitrogens with one attached hydrogen (secondary N) is 1. The highest BCUT2D eigenvalue weighted by atomic mass is 16.5. The monoisotopic (exact) mass is 283 g/mol. The van der Waals surface area contributed by atoms with Crippen LogP contribution < -0.4 is 10.1 Å². The van der Waals surface area contributed by atoms with E-state index in [0.29, 0.717) is 11.8 Å². The van der Waals surface area contributed by atoms with Crippen molar-refractivity contribution in [3.8, 4) is 11.5 Å². The summed E-state index contributed by atoms with van der Waals surface area (Å²) < 4.78 is 5.29. The number of phenols is 1. The first-order chi connectivity index (χ1) is 10.2. The summed E-state index contributed by atoms with van der Waals surface area (Å²) in [6, 6.07) is 14.5. The molecular weight excluding hydrogens is 262 g/mol. The van der Waals surface area contributed by atoms with Gasteiger partial charge in [0.25, 0.3) is 0 Å². The topological polar surface area (TPSA) is 41.5 Å². The van der Waals surface area contributed by atoms with E-state index in [4.69, 9.17) is 4.74 Å². The smallest absolute Gasteiger partial charge is 0.119 e. The van der Waals surface area contributed by atoms with E-state index in [1.807, 2.05) is 24.3 Å². The number of aryl methyl sites for hydroxylation is 1. The number of rotatable bonds is 4. The van der Waals surface area contributed by atoms with Crippen LogP contribution in [-0.4, -0.2) is 12.2 Å². The van der Waals surface area contributed by atoms with E-state index in [1.54, 1.807) is 13.2 Å². The van der Waals surface area contributed by atoms with Crippen LogP contribution in [-0.2, 0) is 6.42 Å². The van der Waals surface area contributed by atoms with Gasteiger partial charge in [0.2, 0.25) is 0 Å². The van der Waals surface area contributed by atoms with Crippen LogP contribution in [0.2, 0.25) is 0 Å². The number of phenolic OH excluding ortho intramolecular Hbond substituents is 1. The average Bonchev–Trinajstić information content (AvgIpc) is 2.89. The SMILES string of the molecule is COc1cccc(C(C)NC2CCc3cc(O)ccc32)c1. The Labute approximate surface area is 125 Å². The predicted octanol–water partition coefficient (Wildman–Crippen LogP) is 3.74. The Kier molecular flexibility index (Phi) is 3.84. The maximum atomic E-state index is 9.57. The molecule has 0 radical (unpaired) electrons. The fourth-order valence-corrected chi connectivity index (χ4v) is 3.09. The first-order valence-corrected chi connectivity index (χ1v) is 7.39. The minimum atomic E-state index is 0.254. The lowest BCUT2D eigenvalue weighted by Crippen LogP contribution is -2.23. The molecule has 0 saturated heterocycles. The molecule has 2 unspecified atom stereocenters. The molecule has 0 bridgehead atoms. The number of hydrogen-bond donors (Lipinski definition) is 2. The van der Waals surface area contributed by atoms with Crippen LogP contribution in [0, 0.1) is 0 Å². The molecule has 0 fully saturated rings. The van der Waals surface area contributed by atoms with Gasteiger partial charge in [0, 0.05) is 12.1 Å². The maximum Gasteiger partial charge on any atom is 0.119 e. The number of aromatic hydroxyl groups is 1. The lowest BCUT2D eigenvalue weighted by Gasteiger charge is -2.21. The Bertz CT molecular complexity index is 639. The molecule has 2 aromatic carbocycles. The standard InChI is InChI=1S/C18H21NO2/c1-12(13-4-3-5-16(11-13)21-2)19-18-9-6-14-10-15(20)7-8-17(14)18/h3-5,7-8,10-12,18-20H,6,9H2,1-2H3. The number of ether oxygens (including phenoxy) is 1. The maximum absolute atomic E-state index is 9.57. The van der Waals surface area contributed by atoms with Gasteiger partial charge in [-0.05, 0) is 60.7 Å². The van der Waals surface area contributed by atoms with Crippen LogP contribution in [0.5, 0.6) is 11.5 Å². The third kappa shape index (κ3) is 2.88. The predicted molar refractivity (Wildman–Crippen MR) is 83.7 cm³/mol. The largest absolute Gasteiger partial charge is 0.508 e. The number of benzene rings is 2. The van der Waals surface area contributed by atoms with Crippen LogP contribution >= 0.6 is 0 Å². The Morgan fingerprint density at radius 3 is 2.90 bits per heavy atom. The van der Waals surface area contributed by atoms with Gasteiger partial charge in [-0.2, -0.15) is 0 Å². The molecule has 0 heterocycles. The summed E-state index contributed by atoms with van der Waals surface area (Å²) in [5.74, 6) is 1.24. The second-order valence-electron chi connectivity index (χ2n) is 5.64. The van der Waals surface area contributed by atoms with Crippen LogP contribution in [0.15, 0.2) is 42.5 Å². The van der Waals surface area contributed by atoms with Gasteiger partial charge in [-0.15, -0.1) is 0 Å². The van der Waals surface area contributed by atoms with Gasteiger partial charge >= 0.3 is 0 Å². The minimum Gasteiger partial charge on any atom is -0.508 e. The summed E-state index contributed by atoms with van der Waals surface area (Å²) in [5, 5.41) is 13.3. The van der Waals surface area contributed by atoms with Crippen molar-refractivity contribution < 1.29 is 9.84 Å². The van der Waals surface area contributed by atoms with Gasteiger partial charge in [0.15, 0.2) is 0 Å². The summed E-state index contributed by atoms with van der Waals surface area (Å²) in [6.45, 7) is 2.17. The van der Waals surface area contributed by atoms with Gasteiger partial charge in [-0.3, -0.25) is 0 Å². The van der Waals surface area contributed by atoms with Crippen molar-refractivity contribution in [1.29, 1.82) is 0 Å². The van der Waals surface area contributed by atoms with Crippen LogP contribution in [0.1, 0.15) is 42.1 Å². The Morgan fingerprint density at radius 1 is 1.24 bits per heavy atom. The lowest BCUT2D eigenvalue weighted by molar-refractivity contribution is 0.411. The van der Waals surface area contributed by atoms with Gasteiger partial charge in [-0.25, -0.2) is 0 Å². The summed E-state index contributed by atoms with van der Waals surface area (Å²) in [7, 11) is 1.69. The first kappa shape index (κ1) is 14.0. The van der Waals surface area contributed by atoms with Crippen LogP contribution in [0.4, 0.5) is 0 Å². The molecule has 0 aliphatic heterocycles. The van der Waals surface area contributed by atoms with Crippen molar-refractivity contribution in [2.45, 2.75) is 31.8 Å². The van der Waals surface area contributed by atoms with Crippen molar-refractivity contribution in [3.63, 3.8) is 0 Å². The van der Waals surface area contributed by atoms with Crippen molar-refractivity contribution >= 4 is 0 Å². The highest BCUT2D eigenvalue weighted by Crippen LogP contribution is 2.35. The summed E-state index contributed by atoms with van der Waals surface area (Å²) in [5.41, 5.74) is 3.79. The molecule has 3 nitrogen and oxygen atoms in total. The summed E-state index contributed by atoms with van der Waals surface area (Å²) >= 11 is 0. The molecule has 21 heavy (non-hydrogen) atoms. The van der Waals surface area contributed by atoms with Gasteiger partial charge in [0.05, 0.1) is 7.11 Å². The Morgan fingerprint density at radius 2 is 2.10 bits per heavy atom. The molecule has 0 spiro atoms. The highest BCUT2D eigenvalue weighted by molar-refractivity contribution is 5.40. The molecular formula is C18H21NO2. The zero-order valence-electron chi connectivity index (χ0n) is 12.5. The molecule has 1 aliphatic carbocycles. The summed E-state index contributed by atoms with van der Waals surface area (Å²) in [6.07, 6.45) is 2.10. The zero-order chi connectivity index (χ0) is 14.8. The fourth-order valence-electron chi connectivity index (χ4n) is 3.09. The Balaban J connectivity index is 1.76. The molecule has 0 saturated carbocycles. The average molecular weight is 283 g/mol. The van der Waals surface area contributed by atoms with Crippen molar-refractivity contribution in [1.82, 2.24) is 5.32 Å². The molecule has 0 amide bonds. The third-order valence-corrected chi connectivity index (χ3v) is 4.25. The Hall–Kier alpha value is -2.00. The van der Waals surface area contributed by atoms with E-state index < -0.39 is 0 Å². The van der Waals surface area contributed by atoms with Crippen LogP contribution in [0.3, 0.4) is 0 Å². The zero-order valence-corrected chi connectivity index (χ0v) is 12.5. The highest BCUT2D eigenvalue weighted by Gasteiger charge is 2.24. The first-order valence-electron chi connectivity index (χ1n) is 7.39. The van der Waals surface area contributed by atoms with E-state index in [9.17, 15) is 5.11 Å². The molecule has 2 N–H and O–H groups in total.